The molecule has 2 rings (SSSR count). The first-order chi connectivity index (χ1) is 10.8. The first-order valence-corrected chi connectivity index (χ1v) is 7.36. The Hall–Kier alpha value is -1.89. The maximum atomic E-state index is 11.7. The third kappa shape index (κ3) is 7.27. The number of hydrogen-bond acceptors (Lipinski definition) is 3. The molecule has 0 bridgehead atoms. The van der Waals surface area contributed by atoms with Crippen molar-refractivity contribution >= 4 is 18.4 Å². The Labute approximate surface area is 133 Å². The largest absolute Gasteiger partial charge is 0.401 e. The number of aryl methyl sites for hydroxylation is 1. The van der Waals surface area contributed by atoms with Gasteiger partial charge in [0.25, 0.3) is 0 Å². The van der Waals surface area contributed by atoms with Crippen molar-refractivity contribution in [3.8, 4) is 0 Å². The number of anilines is 1. The van der Waals surface area contributed by atoms with E-state index in [1.165, 1.54) is 11.9 Å². The second-order valence-corrected chi connectivity index (χ2v) is 5.41. The van der Waals surface area contributed by atoms with Crippen molar-refractivity contribution < 1.29 is 22.8 Å². The van der Waals surface area contributed by atoms with Crippen LogP contribution in [-0.4, -0.2) is 43.4 Å². The molecule has 0 unspecified atom stereocenters. The van der Waals surface area contributed by atoms with E-state index in [9.17, 15) is 22.8 Å². The number of hydrogen-bond donors (Lipinski definition) is 1. The van der Waals surface area contributed by atoms with E-state index < -0.39 is 12.7 Å². The molecule has 1 aliphatic rings. The molecule has 1 aliphatic carbocycles. The summed E-state index contributed by atoms with van der Waals surface area (Å²) in [5.74, 6) is 0. The molecule has 4 nitrogen and oxygen atoms in total. The van der Waals surface area contributed by atoms with Gasteiger partial charge in [-0.15, -0.1) is 0 Å². The van der Waals surface area contributed by atoms with Crippen LogP contribution in [0, 0.1) is 0 Å². The van der Waals surface area contributed by atoms with Crippen LogP contribution in [0.1, 0.15) is 35.7 Å². The number of nitrogens with one attached hydrogen (secondary N) is 1. The molecule has 1 aromatic carbocycles. The number of aldehydes is 1. The lowest BCUT2D eigenvalue weighted by Crippen LogP contribution is -2.32. The molecule has 0 spiro atoms. The lowest BCUT2D eigenvalue weighted by molar-refractivity contribution is -0.144. The fourth-order valence-corrected chi connectivity index (χ4v) is 2.11. The van der Waals surface area contributed by atoms with Crippen LogP contribution in [0.25, 0.3) is 0 Å². The number of alkyl halides is 3. The Kier molecular flexibility index (Phi) is 7.22. The first kappa shape index (κ1) is 19.2. The van der Waals surface area contributed by atoms with Gasteiger partial charge in [0.15, 0.2) is 0 Å². The van der Waals surface area contributed by atoms with Crippen LogP contribution in [-0.2, 0) is 11.2 Å². The summed E-state index contributed by atoms with van der Waals surface area (Å²) < 4.78 is 35.0. The van der Waals surface area contributed by atoms with Gasteiger partial charge in [0.2, 0.25) is 6.41 Å². The van der Waals surface area contributed by atoms with Gasteiger partial charge >= 0.3 is 6.18 Å². The van der Waals surface area contributed by atoms with Crippen molar-refractivity contribution in [1.82, 2.24) is 4.90 Å². The maximum Gasteiger partial charge on any atom is 0.401 e. The lowest BCUT2D eigenvalue weighted by atomic mass is 10.1. The van der Waals surface area contributed by atoms with E-state index in [-0.39, 0.29) is 6.04 Å². The molecule has 1 saturated carbocycles. The van der Waals surface area contributed by atoms with Crippen molar-refractivity contribution in [2.45, 2.75) is 38.4 Å². The van der Waals surface area contributed by atoms with Crippen molar-refractivity contribution in [3.63, 3.8) is 0 Å². The van der Waals surface area contributed by atoms with E-state index in [1.807, 2.05) is 6.92 Å². The Morgan fingerprint density at radius 2 is 1.96 bits per heavy atom. The van der Waals surface area contributed by atoms with Crippen LogP contribution in [0.15, 0.2) is 18.2 Å². The number of carbonyl (C=O) groups is 2. The minimum atomic E-state index is -4.03. The zero-order valence-corrected chi connectivity index (χ0v) is 13.2. The summed E-state index contributed by atoms with van der Waals surface area (Å²) in [6.07, 6.45) is 0.0350. The second-order valence-electron chi connectivity index (χ2n) is 5.41. The minimum Gasteiger partial charge on any atom is -0.328 e. The van der Waals surface area contributed by atoms with Crippen LogP contribution in [0.4, 0.5) is 18.9 Å². The SMILES string of the molecule is CCc1cc(C=O)ccc1NC=O.CN(CC(F)(F)F)C1CC1. The smallest absolute Gasteiger partial charge is 0.328 e. The highest BCUT2D eigenvalue weighted by Gasteiger charge is 2.35. The van der Waals surface area contributed by atoms with Gasteiger partial charge in [-0.2, -0.15) is 13.2 Å². The molecule has 128 valence electrons. The zero-order valence-electron chi connectivity index (χ0n) is 13.2. The highest BCUT2D eigenvalue weighted by Crippen LogP contribution is 2.28. The summed E-state index contributed by atoms with van der Waals surface area (Å²) in [5.41, 5.74) is 2.37. The summed E-state index contributed by atoms with van der Waals surface area (Å²) in [7, 11) is 1.52. The highest BCUT2D eigenvalue weighted by atomic mass is 19.4. The quantitative estimate of drug-likeness (QED) is 0.815. The van der Waals surface area contributed by atoms with Crippen LogP contribution in [0.3, 0.4) is 0 Å². The predicted octanol–water partition coefficient (Wildman–Crippen LogP) is 3.27. The molecule has 1 fully saturated rings. The molecule has 0 aromatic heterocycles. The summed E-state index contributed by atoms with van der Waals surface area (Å²) >= 11 is 0. The fourth-order valence-electron chi connectivity index (χ4n) is 2.11. The molecule has 0 radical (unpaired) electrons. The molecule has 0 atom stereocenters. The average molecular weight is 330 g/mol. The highest BCUT2D eigenvalue weighted by molar-refractivity contribution is 5.79. The molecule has 23 heavy (non-hydrogen) atoms. The number of carbonyl (C=O) groups excluding carboxylic acids is 2. The Morgan fingerprint density at radius 3 is 2.39 bits per heavy atom. The first-order valence-electron chi connectivity index (χ1n) is 7.36. The third-order valence-electron chi connectivity index (χ3n) is 3.46. The van der Waals surface area contributed by atoms with E-state index in [1.54, 1.807) is 18.2 Å². The summed E-state index contributed by atoms with van der Waals surface area (Å²) in [6, 6.07) is 5.38. The van der Waals surface area contributed by atoms with Gasteiger partial charge in [-0.05, 0) is 50.1 Å². The van der Waals surface area contributed by atoms with Crippen molar-refractivity contribution in [2.24, 2.45) is 0 Å². The van der Waals surface area contributed by atoms with Crippen LogP contribution >= 0.6 is 0 Å². The van der Waals surface area contributed by atoms with E-state index in [4.69, 9.17) is 0 Å². The molecule has 1 N–H and O–H groups in total. The van der Waals surface area contributed by atoms with Crippen molar-refractivity contribution in [3.05, 3.63) is 29.3 Å². The van der Waals surface area contributed by atoms with E-state index in [2.05, 4.69) is 5.32 Å². The maximum absolute atomic E-state index is 11.7. The van der Waals surface area contributed by atoms with Gasteiger partial charge < -0.3 is 5.32 Å². The number of nitrogens with zero attached hydrogens (tertiary/aromatic N) is 1. The molecular weight excluding hydrogens is 309 g/mol. The zero-order chi connectivity index (χ0) is 17.5. The molecule has 1 amide bonds. The second kappa shape index (κ2) is 8.67. The van der Waals surface area contributed by atoms with Gasteiger partial charge in [0.05, 0.1) is 6.54 Å². The van der Waals surface area contributed by atoms with Crippen molar-refractivity contribution in [1.29, 1.82) is 0 Å². The van der Waals surface area contributed by atoms with Crippen molar-refractivity contribution in [2.75, 3.05) is 18.9 Å². The molecule has 0 aliphatic heterocycles. The monoisotopic (exact) mass is 330 g/mol. The van der Waals surface area contributed by atoms with Gasteiger partial charge in [-0.1, -0.05) is 6.92 Å². The number of benzene rings is 1. The van der Waals surface area contributed by atoms with E-state index in [0.29, 0.717) is 12.0 Å². The molecule has 0 heterocycles. The molecule has 7 heteroatoms. The average Bonchev–Trinajstić information content (AvgIpc) is 3.31. The Morgan fingerprint density at radius 1 is 1.30 bits per heavy atom. The van der Waals surface area contributed by atoms with Gasteiger partial charge in [0.1, 0.15) is 6.29 Å². The fraction of sp³-hybridized carbons (Fsp3) is 0.500. The van der Waals surface area contributed by atoms with E-state index >= 15 is 0 Å². The summed E-state index contributed by atoms with van der Waals surface area (Å²) in [4.78, 5) is 22.0. The van der Waals surface area contributed by atoms with Crippen LogP contribution in [0.2, 0.25) is 0 Å². The molecule has 1 aromatic rings. The third-order valence-corrected chi connectivity index (χ3v) is 3.46. The summed E-state index contributed by atoms with van der Waals surface area (Å²) in [6.45, 7) is 1.21. The Bertz CT molecular complexity index is 529. The standard InChI is InChI=1S/C10H11NO2.C6H10F3N/c1-2-9-5-8(6-12)3-4-10(9)11-7-13;1-10(5-2-3-5)4-6(7,8)9/h3-7H,2H2,1H3,(H,11,13);5H,2-4H2,1H3. The predicted molar refractivity (Wildman–Crippen MR) is 82.6 cm³/mol. The lowest BCUT2D eigenvalue weighted by Gasteiger charge is -2.17. The number of rotatable bonds is 6. The van der Waals surface area contributed by atoms with E-state index in [0.717, 1.165) is 36.8 Å². The number of amides is 1. The molecular formula is C16H21F3N2O2. The van der Waals surface area contributed by atoms with Crippen LogP contribution < -0.4 is 5.32 Å². The van der Waals surface area contributed by atoms with Crippen LogP contribution in [0.5, 0.6) is 0 Å². The Balaban J connectivity index is 0.000000238. The number of halogens is 3. The minimum absolute atomic E-state index is 0.196. The topological polar surface area (TPSA) is 49.4 Å². The van der Waals surface area contributed by atoms with Gasteiger partial charge in [-0.25, -0.2) is 0 Å². The molecule has 0 saturated heterocycles. The van der Waals surface area contributed by atoms with Gasteiger partial charge in [0, 0.05) is 17.3 Å². The normalized spacial score (nSPS) is 14.0. The van der Waals surface area contributed by atoms with Gasteiger partial charge in [-0.3, -0.25) is 14.5 Å². The summed E-state index contributed by atoms with van der Waals surface area (Å²) in [5, 5.41) is 2.58.